The van der Waals surface area contributed by atoms with Crippen molar-refractivity contribution in [1.82, 2.24) is 0 Å². The number of aromatic hydroxyl groups is 2. The summed E-state index contributed by atoms with van der Waals surface area (Å²) >= 11 is 9.28. The van der Waals surface area contributed by atoms with E-state index < -0.39 is 0 Å². The Morgan fingerprint density at radius 1 is 1.04 bits per heavy atom. The molecule has 3 aromatic rings. The molecule has 0 spiro atoms. The van der Waals surface area contributed by atoms with E-state index in [-0.39, 0.29) is 11.5 Å². The third-order valence-corrected chi connectivity index (χ3v) is 5.68. The van der Waals surface area contributed by atoms with Gasteiger partial charge in [-0.05, 0) is 53.4 Å². The Morgan fingerprint density at radius 3 is 2.57 bits per heavy atom. The number of phenols is 2. The van der Waals surface area contributed by atoms with E-state index in [2.05, 4.69) is 11.4 Å². The van der Waals surface area contributed by atoms with Crippen molar-refractivity contribution in [2.75, 3.05) is 5.32 Å². The lowest BCUT2D eigenvalue weighted by Crippen LogP contribution is -1.99. The molecule has 0 radical (unpaired) electrons. The van der Waals surface area contributed by atoms with Crippen molar-refractivity contribution in [3.05, 3.63) is 64.5 Å². The molecule has 3 nitrogen and oxygen atoms in total. The maximum absolute atomic E-state index is 9.81. The van der Waals surface area contributed by atoms with Gasteiger partial charge in [-0.25, -0.2) is 0 Å². The molecule has 0 saturated heterocycles. The van der Waals surface area contributed by atoms with Gasteiger partial charge in [0.05, 0.1) is 9.90 Å². The molecule has 6 heteroatoms. The van der Waals surface area contributed by atoms with Crippen LogP contribution in [0.2, 0.25) is 5.02 Å². The van der Waals surface area contributed by atoms with E-state index in [1.165, 1.54) is 10.3 Å². The van der Waals surface area contributed by atoms with Crippen molar-refractivity contribution in [2.45, 2.75) is 15.6 Å². The van der Waals surface area contributed by atoms with Crippen LogP contribution in [0.1, 0.15) is 5.56 Å². The van der Waals surface area contributed by atoms with Gasteiger partial charge in [0.15, 0.2) is 0 Å². The molecular formula is C17H14ClNO2S2. The predicted molar refractivity (Wildman–Crippen MR) is 97.0 cm³/mol. The molecular weight excluding hydrogens is 350 g/mol. The van der Waals surface area contributed by atoms with Gasteiger partial charge in [0.1, 0.15) is 11.5 Å². The van der Waals surface area contributed by atoms with E-state index in [1.54, 1.807) is 35.2 Å². The third kappa shape index (κ3) is 4.13. The zero-order valence-electron chi connectivity index (χ0n) is 12.0. The molecule has 0 aliphatic rings. The second-order valence-electron chi connectivity index (χ2n) is 4.84. The minimum atomic E-state index is 0.0344. The van der Waals surface area contributed by atoms with Crippen LogP contribution < -0.4 is 5.32 Å². The summed E-state index contributed by atoms with van der Waals surface area (Å²) in [5.74, 6) is 0.0784. The Balaban J connectivity index is 1.69. The number of hydrogen-bond donors (Lipinski definition) is 3. The molecule has 0 aliphatic carbocycles. The number of phenolic OH excluding ortho intramolecular Hbond substituents is 2. The summed E-state index contributed by atoms with van der Waals surface area (Å²) in [5, 5.41) is 25.1. The van der Waals surface area contributed by atoms with Crippen LogP contribution in [0, 0.1) is 0 Å². The number of hydrogen-bond acceptors (Lipinski definition) is 5. The summed E-state index contributed by atoms with van der Waals surface area (Å²) in [6.45, 7) is 0.595. The van der Waals surface area contributed by atoms with Crippen LogP contribution in [0.4, 0.5) is 5.69 Å². The van der Waals surface area contributed by atoms with Crippen LogP contribution in [-0.4, -0.2) is 10.2 Å². The number of anilines is 1. The van der Waals surface area contributed by atoms with Crippen molar-refractivity contribution in [3.63, 3.8) is 0 Å². The maximum Gasteiger partial charge on any atom is 0.142 e. The number of rotatable bonds is 5. The second kappa shape index (κ2) is 7.17. The zero-order valence-corrected chi connectivity index (χ0v) is 14.4. The van der Waals surface area contributed by atoms with Gasteiger partial charge in [-0.2, -0.15) is 0 Å². The van der Waals surface area contributed by atoms with Gasteiger partial charge in [-0.15, -0.1) is 11.3 Å². The van der Waals surface area contributed by atoms with Gasteiger partial charge in [0, 0.05) is 22.5 Å². The summed E-state index contributed by atoms with van der Waals surface area (Å²) < 4.78 is 1.19. The largest absolute Gasteiger partial charge is 0.508 e. The Hall–Kier alpha value is -1.82. The van der Waals surface area contributed by atoms with E-state index in [0.29, 0.717) is 12.2 Å². The van der Waals surface area contributed by atoms with Gasteiger partial charge in [0.25, 0.3) is 0 Å². The fourth-order valence-corrected chi connectivity index (χ4v) is 4.19. The standard InChI is InChI=1S/C17H14ClNO2S2/c18-12-1-4-14(5-2-12)23-17-11(7-8-22-17)10-19-15-6-3-13(20)9-16(15)21/h1-9,19-21H,10H2. The molecule has 3 N–H and O–H groups in total. The van der Waals surface area contributed by atoms with Crippen molar-refractivity contribution < 1.29 is 10.2 Å². The van der Waals surface area contributed by atoms with Crippen LogP contribution in [0.3, 0.4) is 0 Å². The minimum absolute atomic E-state index is 0.0344. The molecule has 0 atom stereocenters. The molecule has 23 heavy (non-hydrogen) atoms. The number of thiophene rings is 1. The van der Waals surface area contributed by atoms with E-state index in [0.717, 1.165) is 15.5 Å². The predicted octanol–water partition coefficient (Wildman–Crippen LogP) is 5.58. The summed E-state index contributed by atoms with van der Waals surface area (Å²) in [5.41, 5.74) is 1.75. The Labute approximate surface area is 147 Å². The van der Waals surface area contributed by atoms with Gasteiger partial charge >= 0.3 is 0 Å². The van der Waals surface area contributed by atoms with Gasteiger partial charge in [-0.1, -0.05) is 23.4 Å². The van der Waals surface area contributed by atoms with Crippen LogP contribution in [0.25, 0.3) is 0 Å². The smallest absolute Gasteiger partial charge is 0.142 e. The summed E-state index contributed by atoms with van der Waals surface area (Å²) in [6, 6.07) is 14.3. The highest BCUT2D eigenvalue weighted by Gasteiger charge is 2.08. The molecule has 0 aliphatic heterocycles. The summed E-state index contributed by atoms with van der Waals surface area (Å²) in [4.78, 5) is 1.13. The third-order valence-electron chi connectivity index (χ3n) is 3.18. The van der Waals surface area contributed by atoms with Crippen molar-refractivity contribution in [2.24, 2.45) is 0 Å². The lowest BCUT2D eigenvalue weighted by molar-refractivity contribution is 0.452. The fraction of sp³-hybridized carbons (Fsp3) is 0.0588. The molecule has 3 rings (SSSR count). The first-order valence-electron chi connectivity index (χ1n) is 6.87. The highest BCUT2D eigenvalue weighted by molar-refractivity contribution is 8.01. The Bertz CT molecular complexity index is 803. The fourth-order valence-electron chi connectivity index (χ4n) is 2.01. The van der Waals surface area contributed by atoms with Crippen LogP contribution in [0.5, 0.6) is 11.5 Å². The first-order valence-corrected chi connectivity index (χ1v) is 8.95. The Morgan fingerprint density at radius 2 is 1.83 bits per heavy atom. The molecule has 0 saturated carbocycles. The number of nitrogens with one attached hydrogen (secondary N) is 1. The van der Waals surface area contributed by atoms with Gasteiger partial charge in [-0.3, -0.25) is 0 Å². The average molecular weight is 364 g/mol. The average Bonchev–Trinajstić information content (AvgIpc) is 2.96. The minimum Gasteiger partial charge on any atom is -0.508 e. The lowest BCUT2D eigenvalue weighted by Gasteiger charge is -2.09. The van der Waals surface area contributed by atoms with Crippen molar-refractivity contribution in [1.29, 1.82) is 0 Å². The normalized spacial score (nSPS) is 10.7. The molecule has 0 unspecified atom stereocenters. The molecule has 2 aromatic carbocycles. The van der Waals surface area contributed by atoms with Gasteiger partial charge in [0.2, 0.25) is 0 Å². The topological polar surface area (TPSA) is 52.5 Å². The SMILES string of the molecule is Oc1ccc(NCc2ccsc2Sc2ccc(Cl)cc2)c(O)c1. The second-order valence-corrected chi connectivity index (χ2v) is 7.54. The first-order chi connectivity index (χ1) is 11.1. The quantitative estimate of drug-likeness (QED) is 0.409. The molecule has 0 amide bonds. The van der Waals surface area contributed by atoms with E-state index >= 15 is 0 Å². The first kappa shape index (κ1) is 16.1. The van der Waals surface area contributed by atoms with Gasteiger partial charge < -0.3 is 15.5 Å². The van der Waals surface area contributed by atoms with E-state index in [9.17, 15) is 10.2 Å². The molecule has 0 bridgehead atoms. The maximum atomic E-state index is 9.81. The van der Waals surface area contributed by atoms with Crippen LogP contribution >= 0.6 is 34.7 Å². The molecule has 118 valence electrons. The lowest BCUT2D eigenvalue weighted by atomic mass is 10.2. The van der Waals surface area contributed by atoms with Crippen molar-refractivity contribution in [3.8, 4) is 11.5 Å². The van der Waals surface area contributed by atoms with Crippen LogP contribution in [0.15, 0.2) is 63.0 Å². The highest BCUT2D eigenvalue weighted by atomic mass is 35.5. The van der Waals surface area contributed by atoms with E-state index in [4.69, 9.17) is 11.6 Å². The monoisotopic (exact) mass is 363 g/mol. The molecule has 1 aromatic heterocycles. The summed E-state index contributed by atoms with van der Waals surface area (Å²) in [6.07, 6.45) is 0. The number of halogens is 1. The highest BCUT2D eigenvalue weighted by Crippen LogP contribution is 2.36. The number of benzene rings is 2. The molecule has 0 fully saturated rings. The van der Waals surface area contributed by atoms with Crippen molar-refractivity contribution >= 4 is 40.4 Å². The summed E-state index contributed by atoms with van der Waals surface area (Å²) in [7, 11) is 0. The van der Waals surface area contributed by atoms with E-state index in [1.807, 2.05) is 29.6 Å². The zero-order chi connectivity index (χ0) is 16.2. The Kier molecular flexibility index (Phi) is 5.00. The molecule has 1 heterocycles. The van der Waals surface area contributed by atoms with Crippen LogP contribution in [-0.2, 0) is 6.54 Å².